The number of carbonyl (C=O) groups excluding carboxylic acids is 1. The molecule has 0 fully saturated rings. The molecule has 0 aliphatic carbocycles. The van der Waals surface area contributed by atoms with Crippen molar-refractivity contribution in [3.05, 3.63) is 60.4 Å². The zero-order chi connectivity index (χ0) is 15.6. The molecule has 0 unspecified atom stereocenters. The summed E-state index contributed by atoms with van der Waals surface area (Å²) in [7, 11) is 0. The minimum absolute atomic E-state index is 0.204. The van der Waals surface area contributed by atoms with E-state index in [1.165, 1.54) is 6.07 Å². The summed E-state index contributed by atoms with van der Waals surface area (Å²) in [5.41, 5.74) is 0.855. The largest absolute Gasteiger partial charge is 0.492 e. The third-order valence-electron chi connectivity index (χ3n) is 2.74. The molecule has 0 atom stereocenters. The highest BCUT2D eigenvalue weighted by Gasteiger charge is 2.18. The number of ketones is 1. The third kappa shape index (κ3) is 3.81. The molecule has 6 heteroatoms. The molecule has 2 aromatic carbocycles. The van der Waals surface area contributed by atoms with Crippen LogP contribution < -0.4 is 4.74 Å². The molecule has 110 valence electrons. The van der Waals surface area contributed by atoms with Crippen molar-refractivity contribution in [3.8, 4) is 5.75 Å². The van der Waals surface area contributed by atoms with E-state index >= 15 is 0 Å². The maximum atomic E-state index is 12.6. The van der Waals surface area contributed by atoms with Crippen molar-refractivity contribution < 1.29 is 9.53 Å². The predicted octanol–water partition coefficient (Wildman–Crippen LogP) is 6.15. The minimum atomic E-state index is -0.204. The monoisotopic (exact) mass is 450 g/mol. The lowest BCUT2D eigenvalue weighted by Crippen LogP contribution is -2.04. The van der Waals surface area contributed by atoms with Crippen molar-refractivity contribution in [1.29, 1.82) is 0 Å². The zero-order valence-electron chi connectivity index (χ0n) is 10.9. The van der Waals surface area contributed by atoms with Gasteiger partial charge in [-0.05, 0) is 47.1 Å². The Bertz CT molecular complexity index is 702. The molecule has 0 saturated carbocycles. The van der Waals surface area contributed by atoms with Crippen molar-refractivity contribution >= 4 is 60.8 Å². The van der Waals surface area contributed by atoms with Gasteiger partial charge in [0.1, 0.15) is 5.75 Å². The van der Waals surface area contributed by atoms with Gasteiger partial charge in [0.25, 0.3) is 0 Å². The van der Waals surface area contributed by atoms with Gasteiger partial charge in [-0.3, -0.25) is 4.79 Å². The molecule has 0 N–H and O–H groups in total. The van der Waals surface area contributed by atoms with Crippen molar-refractivity contribution in [2.24, 2.45) is 0 Å². The zero-order valence-corrected chi connectivity index (χ0v) is 15.6. The van der Waals surface area contributed by atoms with Crippen LogP contribution in [-0.4, -0.2) is 12.4 Å². The van der Waals surface area contributed by atoms with Crippen molar-refractivity contribution in [1.82, 2.24) is 0 Å². The quantitative estimate of drug-likeness (QED) is 0.520. The fourth-order valence-corrected chi connectivity index (χ4v) is 3.47. The number of hydrogen-bond donors (Lipinski definition) is 0. The van der Waals surface area contributed by atoms with Gasteiger partial charge in [0, 0.05) is 26.1 Å². The first-order valence-electron chi connectivity index (χ1n) is 6.05. The third-order valence-corrected chi connectivity index (χ3v) is 4.50. The minimum Gasteiger partial charge on any atom is -0.492 e. The number of ether oxygens (including phenoxy) is 1. The molecule has 0 aliphatic rings. The van der Waals surface area contributed by atoms with E-state index in [2.05, 4.69) is 31.9 Å². The Hall–Kier alpha value is -0.550. The molecule has 2 nitrogen and oxygen atoms in total. The first kappa shape index (κ1) is 16.8. The molecule has 0 amide bonds. The first-order valence-corrected chi connectivity index (χ1v) is 8.39. The molecule has 0 aromatic heterocycles. The molecule has 0 radical (unpaired) electrons. The van der Waals surface area contributed by atoms with Crippen LogP contribution in [-0.2, 0) is 0 Å². The smallest absolute Gasteiger partial charge is 0.195 e. The molecule has 0 saturated heterocycles. The first-order chi connectivity index (χ1) is 9.93. The summed E-state index contributed by atoms with van der Waals surface area (Å²) in [6, 6.07) is 8.41. The Kier molecular flexibility index (Phi) is 5.72. The lowest BCUT2D eigenvalue weighted by atomic mass is 10.0. The molecule has 0 aliphatic heterocycles. The second-order valence-electron chi connectivity index (χ2n) is 4.15. The fraction of sp³-hybridized carbons (Fsp3) is 0.133. The Morgan fingerprint density at radius 1 is 1.10 bits per heavy atom. The summed E-state index contributed by atoms with van der Waals surface area (Å²) in [5, 5.41) is 0.667. The number of rotatable bonds is 4. The van der Waals surface area contributed by atoms with Gasteiger partial charge < -0.3 is 4.74 Å². The molecule has 0 bridgehead atoms. The van der Waals surface area contributed by atoms with E-state index in [4.69, 9.17) is 27.9 Å². The average Bonchev–Trinajstić information content (AvgIpc) is 2.42. The maximum absolute atomic E-state index is 12.6. The van der Waals surface area contributed by atoms with E-state index in [0.717, 1.165) is 4.47 Å². The second kappa shape index (κ2) is 7.14. The van der Waals surface area contributed by atoms with Crippen LogP contribution in [0.25, 0.3) is 0 Å². The van der Waals surface area contributed by atoms with E-state index in [0.29, 0.717) is 38.0 Å². The summed E-state index contributed by atoms with van der Waals surface area (Å²) in [6.45, 7) is 2.32. The molecular weight excluding hydrogens is 443 g/mol. The van der Waals surface area contributed by atoms with Gasteiger partial charge in [-0.2, -0.15) is 0 Å². The second-order valence-corrected chi connectivity index (χ2v) is 6.73. The molecule has 2 aromatic rings. The van der Waals surface area contributed by atoms with Crippen LogP contribution in [0.3, 0.4) is 0 Å². The van der Waals surface area contributed by atoms with Gasteiger partial charge in [0.05, 0.1) is 16.7 Å². The Balaban J connectivity index is 2.46. The predicted molar refractivity (Wildman–Crippen MR) is 92.9 cm³/mol. The summed E-state index contributed by atoms with van der Waals surface area (Å²) in [6.07, 6.45) is 0. The van der Waals surface area contributed by atoms with Gasteiger partial charge >= 0.3 is 0 Å². The molecular formula is C15H10Br2Cl2O2. The fourth-order valence-electron chi connectivity index (χ4n) is 1.79. The van der Waals surface area contributed by atoms with Crippen LogP contribution in [0.15, 0.2) is 39.3 Å². The topological polar surface area (TPSA) is 26.3 Å². The summed E-state index contributed by atoms with van der Waals surface area (Å²) in [4.78, 5) is 12.6. The highest BCUT2D eigenvalue weighted by Crippen LogP contribution is 2.33. The molecule has 2 rings (SSSR count). The summed E-state index contributed by atoms with van der Waals surface area (Å²) in [5.74, 6) is 0.264. The lowest BCUT2D eigenvalue weighted by molar-refractivity contribution is 0.103. The normalized spacial score (nSPS) is 10.5. The van der Waals surface area contributed by atoms with Crippen LogP contribution in [0.5, 0.6) is 5.75 Å². The van der Waals surface area contributed by atoms with E-state index in [1.807, 2.05) is 6.92 Å². The van der Waals surface area contributed by atoms with E-state index in [-0.39, 0.29) is 5.78 Å². The van der Waals surface area contributed by atoms with Gasteiger partial charge in [0.15, 0.2) is 5.78 Å². The Morgan fingerprint density at radius 3 is 2.43 bits per heavy atom. The Labute approximate surface area is 149 Å². The Morgan fingerprint density at radius 2 is 1.81 bits per heavy atom. The maximum Gasteiger partial charge on any atom is 0.195 e. The van der Waals surface area contributed by atoms with Crippen LogP contribution in [0.4, 0.5) is 0 Å². The molecule has 0 spiro atoms. The number of hydrogen-bond acceptors (Lipinski definition) is 2. The van der Waals surface area contributed by atoms with Crippen LogP contribution in [0.1, 0.15) is 22.8 Å². The molecule has 21 heavy (non-hydrogen) atoms. The van der Waals surface area contributed by atoms with Crippen molar-refractivity contribution in [2.75, 3.05) is 6.61 Å². The van der Waals surface area contributed by atoms with E-state index in [9.17, 15) is 4.79 Å². The number of carbonyl (C=O) groups is 1. The summed E-state index contributed by atoms with van der Waals surface area (Å²) >= 11 is 19.0. The standard InChI is InChI=1S/C15H10Br2Cl2O2/c1-2-21-14-7-12(18)10(6-13(14)19)15(20)9-4-3-8(16)5-11(9)17/h3-7H,2H2,1H3. The van der Waals surface area contributed by atoms with E-state index in [1.54, 1.807) is 24.3 Å². The van der Waals surface area contributed by atoms with Crippen LogP contribution >= 0.6 is 55.1 Å². The SMILES string of the molecule is CCOc1cc(Cl)c(C(=O)c2ccc(Br)cc2Br)cc1Cl. The lowest BCUT2D eigenvalue weighted by Gasteiger charge is -2.10. The molecule has 0 heterocycles. The number of halogens is 4. The van der Waals surface area contributed by atoms with Gasteiger partial charge in [-0.15, -0.1) is 0 Å². The van der Waals surface area contributed by atoms with Crippen LogP contribution in [0, 0.1) is 0 Å². The van der Waals surface area contributed by atoms with Crippen LogP contribution in [0.2, 0.25) is 10.0 Å². The van der Waals surface area contributed by atoms with Gasteiger partial charge in [-0.1, -0.05) is 39.1 Å². The van der Waals surface area contributed by atoms with E-state index < -0.39 is 0 Å². The average molecular weight is 453 g/mol. The van der Waals surface area contributed by atoms with Crippen molar-refractivity contribution in [3.63, 3.8) is 0 Å². The highest BCUT2D eigenvalue weighted by molar-refractivity contribution is 9.11. The summed E-state index contributed by atoms with van der Waals surface area (Å²) < 4.78 is 6.91. The van der Waals surface area contributed by atoms with Gasteiger partial charge in [-0.25, -0.2) is 0 Å². The highest BCUT2D eigenvalue weighted by atomic mass is 79.9. The van der Waals surface area contributed by atoms with Gasteiger partial charge in [0.2, 0.25) is 0 Å². The van der Waals surface area contributed by atoms with Crippen molar-refractivity contribution in [2.45, 2.75) is 6.92 Å². The number of benzene rings is 2.